The lowest BCUT2D eigenvalue weighted by atomic mass is 10.2. The average Bonchev–Trinajstić information content (AvgIpc) is 2.84. The third-order valence-corrected chi connectivity index (χ3v) is 4.39. The van der Waals surface area contributed by atoms with Crippen molar-refractivity contribution in [3.63, 3.8) is 0 Å². The number of rotatable bonds is 27. The van der Waals surface area contributed by atoms with E-state index in [-0.39, 0.29) is 19.2 Å². The molecule has 35 heavy (non-hydrogen) atoms. The molecule has 0 amide bonds. The molecule has 0 saturated heterocycles. The molecule has 0 atom stereocenters. The van der Waals surface area contributed by atoms with Crippen molar-refractivity contribution in [2.45, 2.75) is 46.0 Å². The predicted octanol–water partition coefficient (Wildman–Crippen LogP) is 2.72. The number of esters is 2. The van der Waals surface area contributed by atoms with Crippen molar-refractivity contribution in [1.29, 1.82) is 0 Å². The van der Waals surface area contributed by atoms with Gasteiger partial charge in [-0.1, -0.05) is 32.8 Å². The Hall–Kier alpha value is -1.56. The third-order valence-electron chi connectivity index (χ3n) is 4.39. The van der Waals surface area contributed by atoms with Gasteiger partial charge in [-0.25, -0.2) is 4.79 Å². The summed E-state index contributed by atoms with van der Waals surface area (Å²) in [6.07, 6.45) is 4.75. The molecule has 10 nitrogen and oxygen atoms in total. The molecule has 0 unspecified atom stereocenters. The Balaban J connectivity index is 3.13. The van der Waals surface area contributed by atoms with Gasteiger partial charge in [0.1, 0.15) is 13.2 Å². The maximum Gasteiger partial charge on any atom is 0.333 e. The summed E-state index contributed by atoms with van der Waals surface area (Å²) in [7, 11) is 0. The second kappa shape index (κ2) is 27.0. The van der Waals surface area contributed by atoms with Crippen LogP contribution in [0.15, 0.2) is 12.2 Å². The highest BCUT2D eigenvalue weighted by molar-refractivity contribution is 5.86. The van der Waals surface area contributed by atoms with E-state index in [9.17, 15) is 9.59 Å². The quantitative estimate of drug-likeness (QED) is 0.0937. The minimum atomic E-state index is -0.413. The second-order valence-electron chi connectivity index (χ2n) is 7.62. The van der Waals surface area contributed by atoms with Crippen LogP contribution in [-0.4, -0.2) is 104 Å². The van der Waals surface area contributed by atoms with Gasteiger partial charge >= 0.3 is 11.9 Å². The van der Waals surface area contributed by atoms with E-state index in [4.69, 9.17) is 37.9 Å². The SMILES string of the molecule is C=C(C)C(=O)OCCOCCOCCOCCOCCOCCOCCOC(=O)CCCCCC. The summed E-state index contributed by atoms with van der Waals surface area (Å²) >= 11 is 0. The number of unbranched alkanes of at least 4 members (excludes halogenated alkanes) is 3. The Labute approximate surface area is 210 Å². The van der Waals surface area contributed by atoms with E-state index in [1.165, 1.54) is 0 Å². The average molecular weight is 507 g/mol. The Kier molecular flexibility index (Phi) is 25.8. The molecule has 0 radical (unpaired) electrons. The van der Waals surface area contributed by atoms with Gasteiger partial charge in [0.2, 0.25) is 0 Å². The summed E-state index contributed by atoms with van der Waals surface area (Å²) in [6, 6.07) is 0. The van der Waals surface area contributed by atoms with Gasteiger partial charge in [-0.05, 0) is 13.3 Å². The topological polar surface area (TPSA) is 108 Å². The number of carbonyl (C=O) groups is 2. The highest BCUT2D eigenvalue weighted by Crippen LogP contribution is 2.03. The standard InChI is InChI=1S/C25H46O10/c1-4-5-6-7-8-24(26)34-21-19-32-17-15-30-13-11-28-9-10-29-12-14-31-16-18-33-20-22-35-25(27)23(2)3/h2,4-22H2,1,3H3. The number of ether oxygens (including phenoxy) is 8. The fourth-order valence-electron chi connectivity index (χ4n) is 2.50. The maximum absolute atomic E-state index is 11.5. The van der Waals surface area contributed by atoms with Crippen molar-refractivity contribution in [2.75, 3.05) is 92.5 Å². The lowest BCUT2D eigenvalue weighted by Gasteiger charge is -2.09. The molecule has 10 heteroatoms. The van der Waals surface area contributed by atoms with E-state index in [1.54, 1.807) is 6.92 Å². The van der Waals surface area contributed by atoms with Crippen LogP contribution in [0.5, 0.6) is 0 Å². The lowest BCUT2D eigenvalue weighted by Crippen LogP contribution is -2.15. The molecular formula is C25H46O10. The highest BCUT2D eigenvalue weighted by Gasteiger charge is 2.03. The third kappa shape index (κ3) is 26.9. The Morgan fingerprint density at radius 3 is 1.29 bits per heavy atom. The molecule has 0 fully saturated rings. The van der Waals surface area contributed by atoms with Crippen LogP contribution in [0.25, 0.3) is 0 Å². The van der Waals surface area contributed by atoms with Crippen LogP contribution >= 0.6 is 0 Å². The zero-order chi connectivity index (χ0) is 25.8. The van der Waals surface area contributed by atoms with Gasteiger partial charge < -0.3 is 37.9 Å². The largest absolute Gasteiger partial charge is 0.463 e. The first-order chi connectivity index (χ1) is 17.1. The summed E-state index contributed by atoms with van der Waals surface area (Å²) in [4.78, 5) is 22.6. The lowest BCUT2D eigenvalue weighted by molar-refractivity contribution is -0.145. The molecule has 0 aromatic heterocycles. The summed E-state index contributed by atoms with van der Waals surface area (Å²) in [6.45, 7) is 13.1. The number of carbonyl (C=O) groups excluding carboxylic acids is 2. The van der Waals surface area contributed by atoms with Gasteiger partial charge in [0.15, 0.2) is 0 Å². The molecule has 0 N–H and O–H groups in total. The molecule has 0 spiro atoms. The predicted molar refractivity (Wildman–Crippen MR) is 130 cm³/mol. The Morgan fingerprint density at radius 2 is 0.914 bits per heavy atom. The zero-order valence-electron chi connectivity index (χ0n) is 21.7. The number of hydrogen-bond acceptors (Lipinski definition) is 10. The summed E-state index contributed by atoms with van der Waals surface area (Å²) in [5.74, 6) is -0.569. The van der Waals surface area contributed by atoms with Crippen molar-refractivity contribution in [3.05, 3.63) is 12.2 Å². The van der Waals surface area contributed by atoms with Crippen LogP contribution in [0.1, 0.15) is 46.0 Å². The van der Waals surface area contributed by atoms with E-state index in [1.807, 2.05) is 0 Å². The van der Waals surface area contributed by atoms with Crippen molar-refractivity contribution < 1.29 is 47.5 Å². The molecule has 0 aromatic rings. The van der Waals surface area contributed by atoms with E-state index < -0.39 is 5.97 Å². The fraction of sp³-hybridized carbons (Fsp3) is 0.840. The molecule has 0 heterocycles. The van der Waals surface area contributed by atoms with Crippen molar-refractivity contribution in [2.24, 2.45) is 0 Å². The smallest absolute Gasteiger partial charge is 0.333 e. The maximum atomic E-state index is 11.5. The van der Waals surface area contributed by atoms with Gasteiger partial charge in [-0.3, -0.25) is 4.79 Å². The highest BCUT2D eigenvalue weighted by atomic mass is 16.6. The molecule has 0 bridgehead atoms. The second-order valence-corrected chi connectivity index (χ2v) is 7.62. The van der Waals surface area contributed by atoms with Crippen LogP contribution < -0.4 is 0 Å². The van der Waals surface area contributed by atoms with Crippen molar-refractivity contribution >= 4 is 11.9 Å². The first-order valence-electron chi connectivity index (χ1n) is 12.5. The zero-order valence-corrected chi connectivity index (χ0v) is 21.7. The van der Waals surface area contributed by atoms with Gasteiger partial charge in [0.25, 0.3) is 0 Å². The molecule has 0 rings (SSSR count). The molecule has 0 aliphatic rings. The fourth-order valence-corrected chi connectivity index (χ4v) is 2.50. The normalized spacial score (nSPS) is 10.9. The molecule has 0 aromatic carbocycles. The van der Waals surface area contributed by atoms with E-state index in [2.05, 4.69) is 13.5 Å². The van der Waals surface area contributed by atoms with Gasteiger partial charge in [0.05, 0.1) is 79.3 Å². The van der Waals surface area contributed by atoms with Crippen LogP contribution in [0, 0.1) is 0 Å². The van der Waals surface area contributed by atoms with Crippen LogP contribution in [0.3, 0.4) is 0 Å². The Morgan fingerprint density at radius 1 is 0.543 bits per heavy atom. The molecule has 0 aliphatic carbocycles. The first kappa shape index (κ1) is 33.4. The summed E-state index contributed by atoms with van der Waals surface area (Å²) in [5.41, 5.74) is 0.370. The van der Waals surface area contributed by atoms with Gasteiger partial charge in [0, 0.05) is 12.0 Å². The van der Waals surface area contributed by atoms with E-state index >= 15 is 0 Å². The van der Waals surface area contributed by atoms with Gasteiger partial charge in [-0.15, -0.1) is 0 Å². The van der Waals surface area contributed by atoms with Crippen molar-refractivity contribution in [3.8, 4) is 0 Å². The number of hydrogen-bond donors (Lipinski definition) is 0. The van der Waals surface area contributed by atoms with E-state index in [0.717, 1.165) is 25.7 Å². The van der Waals surface area contributed by atoms with E-state index in [0.29, 0.717) is 91.3 Å². The minimum Gasteiger partial charge on any atom is -0.463 e. The summed E-state index contributed by atoms with van der Waals surface area (Å²) in [5, 5.41) is 0. The monoisotopic (exact) mass is 506 g/mol. The molecular weight excluding hydrogens is 460 g/mol. The molecule has 0 saturated carbocycles. The van der Waals surface area contributed by atoms with Crippen LogP contribution in [0.2, 0.25) is 0 Å². The van der Waals surface area contributed by atoms with Crippen LogP contribution in [-0.2, 0) is 47.5 Å². The Bertz CT molecular complexity index is 512. The van der Waals surface area contributed by atoms with Gasteiger partial charge in [-0.2, -0.15) is 0 Å². The summed E-state index contributed by atoms with van der Waals surface area (Å²) < 4.78 is 42.3. The molecule has 0 aliphatic heterocycles. The minimum absolute atomic E-state index is 0.156. The first-order valence-corrected chi connectivity index (χ1v) is 12.5. The van der Waals surface area contributed by atoms with Crippen molar-refractivity contribution in [1.82, 2.24) is 0 Å². The molecule has 206 valence electrons. The van der Waals surface area contributed by atoms with Crippen LogP contribution in [0.4, 0.5) is 0 Å².